The number of amides is 1. The number of carbonyl (C=O) groups is 2. The van der Waals surface area contributed by atoms with Crippen molar-refractivity contribution in [3.63, 3.8) is 0 Å². The zero-order valence-electron chi connectivity index (χ0n) is 18.4. The van der Waals surface area contributed by atoms with Crippen molar-refractivity contribution in [1.29, 1.82) is 0 Å². The van der Waals surface area contributed by atoms with Crippen LogP contribution in [0.1, 0.15) is 35.3 Å². The molecule has 2 aromatic rings. The van der Waals surface area contributed by atoms with Crippen LogP contribution in [0.2, 0.25) is 0 Å². The average molecular weight is 429 g/mol. The molecular weight excluding hydrogens is 399 g/mol. The van der Waals surface area contributed by atoms with Gasteiger partial charge in [0, 0.05) is 31.7 Å². The molecule has 1 saturated heterocycles. The third kappa shape index (κ3) is 5.61. The molecule has 0 unspecified atom stereocenters. The largest absolute Gasteiger partial charge is 0.483 e. The fraction of sp³-hybridized carbons (Fsp3) is 0.417. The molecule has 1 amide bonds. The Bertz CT molecular complexity index is 932. The predicted molar refractivity (Wildman–Crippen MR) is 115 cm³/mol. The molecule has 166 valence electrons. The minimum absolute atomic E-state index is 0.00541. The molecule has 0 N–H and O–H groups in total. The summed E-state index contributed by atoms with van der Waals surface area (Å²) in [4.78, 5) is 29.0. The van der Waals surface area contributed by atoms with Crippen molar-refractivity contribution >= 4 is 11.9 Å². The first-order valence-electron chi connectivity index (χ1n) is 10.4. The molecule has 31 heavy (non-hydrogen) atoms. The second-order valence-electron chi connectivity index (χ2n) is 8.08. The maximum atomic E-state index is 13.2. The van der Waals surface area contributed by atoms with Crippen LogP contribution in [-0.4, -0.2) is 60.6 Å². The summed E-state index contributed by atoms with van der Waals surface area (Å²) in [5.41, 5.74) is 2.25. The summed E-state index contributed by atoms with van der Waals surface area (Å²) in [6.45, 7) is 7.79. The van der Waals surface area contributed by atoms with Crippen LogP contribution in [0.4, 0.5) is 4.39 Å². The topological polar surface area (TPSA) is 59.1 Å². The second kappa shape index (κ2) is 9.92. The van der Waals surface area contributed by atoms with Crippen LogP contribution in [0, 0.1) is 12.7 Å². The Hall–Kier alpha value is -2.93. The zero-order chi connectivity index (χ0) is 22.5. The van der Waals surface area contributed by atoms with E-state index in [-0.39, 0.29) is 30.4 Å². The molecule has 1 aliphatic rings. The molecule has 2 aromatic carbocycles. The lowest BCUT2D eigenvalue weighted by Crippen LogP contribution is -2.58. The first kappa shape index (κ1) is 22.7. The molecule has 0 bridgehead atoms. The van der Waals surface area contributed by atoms with Crippen molar-refractivity contribution in [1.82, 2.24) is 9.80 Å². The van der Waals surface area contributed by atoms with Gasteiger partial charge in [-0.2, -0.15) is 0 Å². The van der Waals surface area contributed by atoms with Gasteiger partial charge < -0.3 is 14.4 Å². The summed E-state index contributed by atoms with van der Waals surface area (Å²) in [6.07, 6.45) is 0. The van der Waals surface area contributed by atoms with E-state index in [4.69, 9.17) is 9.47 Å². The Labute approximate surface area is 182 Å². The van der Waals surface area contributed by atoms with Gasteiger partial charge in [-0.05, 0) is 50.6 Å². The van der Waals surface area contributed by atoms with Gasteiger partial charge in [-0.15, -0.1) is 0 Å². The summed E-state index contributed by atoms with van der Waals surface area (Å²) < 4.78 is 23.7. The number of piperazine rings is 1. The molecule has 7 heteroatoms. The summed E-state index contributed by atoms with van der Waals surface area (Å²) >= 11 is 0. The van der Waals surface area contributed by atoms with Crippen LogP contribution in [0.5, 0.6) is 5.75 Å². The molecule has 6 nitrogen and oxygen atoms in total. The quantitative estimate of drug-likeness (QED) is 0.660. The lowest BCUT2D eigenvalue weighted by Gasteiger charge is -2.44. The van der Waals surface area contributed by atoms with E-state index in [9.17, 15) is 14.0 Å². The van der Waals surface area contributed by atoms with Gasteiger partial charge in [-0.25, -0.2) is 9.18 Å². The summed E-state index contributed by atoms with van der Waals surface area (Å²) in [7, 11) is 1.31. The molecule has 1 heterocycles. The minimum Gasteiger partial charge on any atom is -0.483 e. The van der Waals surface area contributed by atoms with Gasteiger partial charge in [-0.3, -0.25) is 9.69 Å². The number of nitrogens with zero attached hydrogens (tertiary/aromatic N) is 2. The van der Waals surface area contributed by atoms with E-state index in [0.717, 1.165) is 11.1 Å². The third-order valence-electron chi connectivity index (χ3n) is 5.63. The van der Waals surface area contributed by atoms with Crippen LogP contribution in [0.15, 0.2) is 42.5 Å². The molecule has 0 saturated carbocycles. The Morgan fingerprint density at radius 1 is 1.06 bits per heavy atom. The van der Waals surface area contributed by atoms with Crippen molar-refractivity contribution < 1.29 is 23.5 Å². The smallest absolute Gasteiger partial charge is 0.341 e. The standard InChI is InChI=1S/C24H29FN2O4/c1-16-5-10-22(21(11-16)24(29)30-4)31-15-23(28)27-13-17(2)26(12-18(27)3)14-19-6-8-20(25)9-7-19/h5-11,17-18H,12-15H2,1-4H3/t17-,18+/m0/s1. The number of ether oxygens (including phenoxy) is 2. The number of methoxy groups -OCH3 is 1. The fourth-order valence-electron chi connectivity index (χ4n) is 3.85. The number of esters is 1. The van der Waals surface area contributed by atoms with Crippen molar-refractivity contribution in [2.24, 2.45) is 0 Å². The Morgan fingerprint density at radius 2 is 1.77 bits per heavy atom. The lowest BCUT2D eigenvalue weighted by molar-refractivity contribution is -0.139. The second-order valence-corrected chi connectivity index (χ2v) is 8.08. The summed E-state index contributed by atoms with van der Waals surface area (Å²) in [5, 5.41) is 0. The van der Waals surface area contributed by atoms with Crippen LogP contribution >= 0.6 is 0 Å². The van der Waals surface area contributed by atoms with E-state index in [1.807, 2.05) is 24.8 Å². The predicted octanol–water partition coefficient (Wildman–Crippen LogP) is 3.42. The number of rotatable bonds is 6. The van der Waals surface area contributed by atoms with E-state index in [1.54, 1.807) is 24.3 Å². The molecule has 2 atom stereocenters. The molecule has 1 fully saturated rings. The van der Waals surface area contributed by atoms with Crippen molar-refractivity contribution in [3.05, 3.63) is 65.0 Å². The Kier molecular flexibility index (Phi) is 7.28. The van der Waals surface area contributed by atoms with E-state index in [1.165, 1.54) is 19.2 Å². The minimum atomic E-state index is -0.498. The number of halogens is 1. The maximum absolute atomic E-state index is 13.2. The molecule has 0 radical (unpaired) electrons. The van der Waals surface area contributed by atoms with Crippen molar-refractivity contribution in [3.8, 4) is 5.75 Å². The molecule has 0 aliphatic carbocycles. The van der Waals surface area contributed by atoms with Gasteiger partial charge in [-0.1, -0.05) is 23.8 Å². The van der Waals surface area contributed by atoms with Crippen LogP contribution in [0.3, 0.4) is 0 Å². The van der Waals surface area contributed by atoms with Gasteiger partial charge in [0.25, 0.3) is 5.91 Å². The van der Waals surface area contributed by atoms with Gasteiger partial charge in [0.15, 0.2) is 6.61 Å². The Balaban J connectivity index is 1.61. The first-order valence-corrected chi connectivity index (χ1v) is 10.4. The third-order valence-corrected chi connectivity index (χ3v) is 5.63. The highest BCUT2D eigenvalue weighted by molar-refractivity contribution is 5.92. The molecule has 0 aromatic heterocycles. The van der Waals surface area contributed by atoms with Gasteiger partial charge in [0.05, 0.1) is 7.11 Å². The van der Waals surface area contributed by atoms with Crippen LogP contribution in [-0.2, 0) is 16.1 Å². The Morgan fingerprint density at radius 3 is 2.45 bits per heavy atom. The summed E-state index contributed by atoms with van der Waals surface area (Å²) in [5.74, 6) is -0.536. The summed E-state index contributed by atoms with van der Waals surface area (Å²) in [6, 6.07) is 11.9. The van der Waals surface area contributed by atoms with E-state index < -0.39 is 5.97 Å². The number of hydrogen-bond acceptors (Lipinski definition) is 5. The maximum Gasteiger partial charge on any atom is 0.341 e. The van der Waals surface area contributed by atoms with Gasteiger partial charge >= 0.3 is 5.97 Å². The number of benzene rings is 2. The lowest BCUT2D eigenvalue weighted by atomic mass is 10.1. The highest BCUT2D eigenvalue weighted by Crippen LogP contribution is 2.22. The monoisotopic (exact) mass is 428 g/mol. The molecule has 0 spiro atoms. The number of carbonyl (C=O) groups excluding carboxylic acids is 2. The van der Waals surface area contributed by atoms with Crippen LogP contribution in [0.25, 0.3) is 0 Å². The average Bonchev–Trinajstić information content (AvgIpc) is 2.75. The van der Waals surface area contributed by atoms with Gasteiger partial charge in [0.2, 0.25) is 0 Å². The molecular formula is C24H29FN2O4. The molecule has 3 rings (SSSR count). The van der Waals surface area contributed by atoms with E-state index in [2.05, 4.69) is 11.8 Å². The van der Waals surface area contributed by atoms with E-state index >= 15 is 0 Å². The number of aryl methyl sites for hydroxylation is 1. The van der Waals surface area contributed by atoms with Crippen molar-refractivity contribution in [2.45, 2.75) is 39.4 Å². The highest BCUT2D eigenvalue weighted by Gasteiger charge is 2.32. The van der Waals surface area contributed by atoms with Gasteiger partial charge in [0.1, 0.15) is 17.1 Å². The van der Waals surface area contributed by atoms with Crippen LogP contribution < -0.4 is 4.74 Å². The highest BCUT2D eigenvalue weighted by atomic mass is 19.1. The first-order chi connectivity index (χ1) is 14.8. The molecule has 1 aliphatic heterocycles. The van der Waals surface area contributed by atoms with Crippen molar-refractivity contribution in [2.75, 3.05) is 26.8 Å². The normalized spacial score (nSPS) is 19.2. The SMILES string of the molecule is COC(=O)c1cc(C)ccc1OCC(=O)N1C[C@H](C)N(Cc2ccc(F)cc2)C[C@H]1C. The zero-order valence-corrected chi connectivity index (χ0v) is 18.4. The van der Waals surface area contributed by atoms with E-state index in [0.29, 0.717) is 30.9 Å². The number of hydrogen-bond donors (Lipinski definition) is 0. The fourth-order valence-corrected chi connectivity index (χ4v) is 3.85.